The molecular weight excluding hydrogens is 411 g/mol. The maximum atomic E-state index is 10.9. The van der Waals surface area contributed by atoms with E-state index in [2.05, 4.69) is 13.8 Å². The molecule has 0 aromatic heterocycles. The van der Waals surface area contributed by atoms with Gasteiger partial charge in [0, 0.05) is 18.3 Å². The van der Waals surface area contributed by atoms with E-state index in [1.54, 1.807) is 12.1 Å². The first-order valence-corrected chi connectivity index (χ1v) is 10.9. The molecule has 2 bridgehead atoms. The van der Waals surface area contributed by atoms with Gasteiger partial charge in [0.05, 0.1) is 12.6 Å². The quantitative estimate of drug-likeness (QED) is 0.473. The summed E-state index contributed by atoms with van der Waals surface area (Å²) in [4.78, 5) is 22.9. The number of carboxylic acids is 1. The maximum Gasteiger partial charge on any atom is 1.00 e. The molecule has 1 aliphatic carbocycles. The predicted octanol–water partition coefficient (Wildman–Crippen LogP) is -0.221. The van der Waals surface area contributed by atoms with Gasteiger partial charge in [-0.2, -0.15) is 0 Å². The summed E-state index contributed by atoms with van der Waals surface area (Å²) in [7, 11) is 0. The molecule has 1 unspecified atom stereocenters. The van der Waals surface area contributed by atoms with E-state index >= 15 is 0 Å². The number of fused-ring (bicyclic) bond motifs is 2. The summed E-state index contributed by atoms with van der Waals surface area (Å²) in [5.74, 6) is -0.824. The van der Waals surface area contributed by atoms with Crippen LogP contribution in [0, 0.1) is 23.7 Å². The molecule has 164 valence electrons. The first-order valence-electron chi connectivity index (χ1n) is 10.9. The monoisotopic (exact) mass is 440 g/mol. The second-order valence-electron chi connectivity index (χ2n) is 9.57. The number of carbonyl (C=O) groups is 1. The number of rotatable bonds is 4. The molecule has 8 atom stereocenters. The number of carboxylic acid groups (broad SMARTS) is 1. The zero-order chi connectivity index (χ0) is 21.1. The van der Waals surface area contributed by atoms with Crippen LogP contribution in [0.15, 0.2) is 24.3 Å². The van der Waals surface area contributed by atoms with E-state index < -0.39 is 29.9 Å². The van der Waals surface area contributed by atoms with Gasteiger partial charge in [-0.1, -0.05) is 38.1 Å². The summed E-state index contributed by atoms with van der Waals surface area (Å²) >= 11 is 0. The molecule has 4 aliphatic heterocycles. The molecule has 4 heterocycles. The van der Waals surface area contributed by atoms with E-state index in [1.807, 2.05) is 6.92 Å². The number of carbonyl (C=O) groups excluding carboxylic acids is 1. The van der Waals surface area contributed by atoms with Crippen molar-refractivity contribution in [3.05, 3.63) is 35.4 Å². The van der Waals surface area contributed by atoms with Gasteiger partial charge in [-0.25, -0.2) is 9.78 Å². The fraction of sp³-hybridized carbons (Fsp3) is 0.696. The molecule has 6 rings (SSSR count). The zero-order valence-corrected chi connectivity index (χ0v) is 20.7. The first-order chi connectivity index (χ1) is 14.3. The molecule has 5 fully saturated rings. The van der Waals surface area contributed by atoms with E-state index in [1.165, 1.54) is 12.1 Å². The number of hydrogen-bond acceptors (Lipinski definition) is 7. The molecule has 1 spiro atoms. The van der Waals surface area contributed by atoms with Crippen molar-refractivity contribution in [2.75, 3.05) is 0 Å². The van der Waals surface area contributed by atoms with Gasteiger partial charge in [0.2, 0.25) is 5.79 Å². The Kier molecular flexibility index (Phi) is 6.63. The van der Waals surface area contributed by atoms with Crippen molar-refractivity contribution in [3.63, 3.8) is 0 Å². The van der Waals surface area contributed by atoms with E-state index in [0.717, 1.165) is 31.2 Å². The van der Waals surface area contributed by atoms with Gasteiger partial charge in [-0.15, -0.1) is 0 Å². The molecular formula is C23H29NaO7. The SMILES string of the molecule is C[C@H]1[C@@H](OCc2ccc(C(=O)[O-])cc2)O[C@@H]2O[C@]3(C)CC[C@H]4[C@H](C)CC[C@@H]1C24OO3.[Na+]. The third-order valence-electron chi connectivity index (χ3n) is 7.70. The summed E-state index contributed by atoms with van der Waals surface area (Å²) in [5.41, 5.74) is 0.433. The number of ether oxygens (including phenoxy) is 3. The van der Waals surface area contributed by atoms with Gasteiger partial charge >= 0.3 is 29.6 Å². The smallest absolute Gasteiger partial charge is 0.545 e. The maximum absolute atomic E-state index is 10.9. The number of hydrogen-bond donors (Lipinski definition) is 0. The summed E-state index contributed by atoms with van der Waals surface area (Å²) < 4.78 is 18.9. The van der Waals surface area contributed by atoms with Crippen molar-refractivity contribution < 1.29 is 63.4 Å². The third-order valence-corrected chi connectivity index (χ3v) is 7.70. The topological polar surface area (TPSA) is 86.3 Å². The Hall–Kier alpha value is -0.510. The molecule has 31 heavy (non-hydrogen) atoms. The minimum absolute atomic E-state index is 0. The Bertz CT molecular complexity index is 817. The van der Waals surface area contributed by atoms with Crippen LogP contribution in [-0.2, 0) is 30.6 Å². The Morgan fingerprint density at radius 2 is 1.87 bits per heavy atom. The molecule has 4 saturated heterocycles. The van der Waals surface area contributed by atoms with E-state index in [9.17, 15) is 9.90 Å². The van der Waals surface area contributed by atoms with Crippen molar-refractivity contribution in [1.82, 2.24) is 0 Å². The molecule has 0 radical (unpaired) electrons. The van der Waals surface area contributed by atoms with Crippen molar-refractivity contribution in [2.45, 2.75) is 77.0 Å². The largest absolute Gasteiger partial charge is 1.00 e. The average Bonchev–Trinajstić information content (AvgIpc) is 2.96. The van der Waals surface area contributed by atoms with Gasteiger partial charge in [-0.3, -0.25) is 0 Å². The van der Waals surface area contributed by atoms with E-state index in [4.69, 9.17) is 24.0 Å². The van der Waals surface area contributed by atoms with Crippen LogP contribution < -0.4 is 34.7 Å². The Morgan fingerprint density at radius 1 is 1.13 bits per heavy atom. The van der Waals surface area contributed by atoms with Gasteiger partial charge in [-0.05, 0) is 49.1 Å². The van der Waals surface area contributed by atoms with E-state index in [-0.39, 0.29) is 47.0 Å². The van der Waals surface area contributed by atoms with Gasteiger partial charge in [0.25, 0.3) is 0 Å². The van der Waals surface area contributed by atoms with Crippen LogP contribution in [0.3, 0.4) is 0 Å². The van der Waals surface area contributed by atoms with Gasteiger partial charge in [0.1, 0.15) is 0 Å². The molecule has 7 nitrogen and oxygen atoms in total. The van der Waals surface area contributed by atoms with Crippen molar-refractivity contribution in [3.8, 4) is 0 Å². The Balaban J connectivity index is 0.00000231. The van der Waals surface area contributed by atoms with Crippen molar-refractivity contribution in [1.29, 1.82) is 0 Å². The summed E-state index contributed by atoms with van der Waals surface area (Å²) in [6, 6.07) is 6.53. The van der Waals surface area contributed by atoms with Crippen molar-refractivity contribution in [2.24, 2.45) is 23.7 Å². The second kappa shape index (κ2) is 8.69. The normalized spacial score (nSPS) is 43.5. The molecule has 1 aromatic carbocycles. The fourth-order valence-electron chi connectivity index (χ4n) is 5.98. The van der Waals surface area contributed by atoms with E-state index in [0.29, 0.717) is 18.4 Å². The summed E-state index contributed by atoms with van der Waals surface area (Å²) in [6.45, 7) is 6.67. The van der Waals surface area contributed by atoms with Crippen LogP contribution in [0.2, 0.25) is 0 Å². The molecule has 0 amide bonds. The minimum Gasteiger partial charge on any atom is -0.545 e. The van der Waals surface area contributed by atoms with Gasteiger partial charge in [0.15, 0.2) is 18.2 Å². The molecule has 0 N–H and O–H groups in total. The number of aromatic carboxylic acids is 1. The van der Waals surface area contributed by atoms with Crippen LogP contribution in [0.25, 0.3) is 0 Å². The molecule has 5 aliphatic rings. The van der Waals surface area contributed by atoms with Crippen LogP contribution in [0.1, 0.15) is 62.4 Å². The van der Waals surface area contributed by atoms with Crippen LogP contribution in [-0.4, -0.2) is 29.9 Å². The standard InChI is InChI=1S/C23H30O7.Na/c1-13-4-9-18-14(2)20(26-12-15-5-7-16(8-6-15)19(24)25)27-21-23(18)17(13)10-11-22(3,28-21)29-30-23;/h5-8,13-14,17-18,20-21H,4,9-12H2,1-3H3,(H,24,25);/q;+1/p-1/t13-,14-,17+,18+,20+,21-,22+,23?;/m1./s1. The van der Waals surface area contributed by atoms with Crippen molar-refractivity contribution >= 4 is 5.97 Å². The summed E-state index contributed by atoms with van der Waals surface area (Å²) in [6.07, 6.45) is 2.97. The first kappa shape index (κ1) is 23.6. The fourth-order valence-corrected chi connectivity index (χ4v) is 5.98. The zero-order valence-electron chi connectivity index (χ0n) is 18.7. The Labute approximate surface area is 204 Å². The molecule has 1 saturated carbocycles. The van der Waals surface area contributed by atoms with Crippen LogP contribution >= 0.6 is 0 Å². The molecule has 1 aromatic rings. The second-order valence-corrected chi connectivity index (χ2v) is 9.57. The number of benzene rings is 1. The minimum atomic E-state index is -1.19. The third kappa shape index (κ3) is 3.91. The van der Waals surface area contributed by atoms with Gasteiger partial charge < -0.3 is 24.1 Å². The van der Waals surface area contributed by atoms with Crippen LogP contribution in [0.4, 0.5) is 0 Å². The predicted molar refractivity (Wildman–Crippen MR) is 102 cm³/mol. The Morgan fingerprint density at radius 3 is 2.58 bits per heavy atom. The average molecular weight is 440 g/mol. The summed E-state index contributed by atoms with van der Waals surface area (Å²) in [5, 5.41) is 10.9. The van der Waals surface area contributed by atoms with Crippen LogP contribution in [0.5, 0.6) is 0 Å². The molecule has 8 heteroatoms.